The molecule has 2 N–H and O–H groups in total. The van der Waals surface area contributed by atoms with E-state index in [-0.39, 0.29) is 17.4 Å². The Labute approximate surface area is 161 Å². The summed E-state index contributed by atoms with van der Waals surface area (Å²) in [6, 6.07) is 4.47. The van der Waals surface area contributed by atoms with Crippen LogP contribution in [0.3, 0.4) is 0 Å². The molecule has 9 nitrogen and oxygen atoms in total. The van der Waals surface area contributed by atoms with Crippen LogP contribution in [0, 0.1) is 5.92 Å². The number of halogens is 1. The monoisotopic (exact) mass is 403 g/mol. The van der Waals surface area contributed by atoms with Crippen molar-refractivity contribution in [1.82, 2.24) is 5.32 Å². The van der Waals surface area contributed by atoms with Gasteiger partial charge in [0, 0.05) is 23.9 Å². The van der Waals surface area contributed by atoms with E-state index in [9.17, 15) is 19.5 Å². The van der Waals surface area contributed by atoms with E-state index in [1.165, 1.54) is 26.2 Å². The van der Waals surface area contributed by atoms with Gasteiger partial charge in [-0.3, -0.25) is 4.79 Å². The quantitative estimate of drug-likeness (QED) is 0.476. The van der Waals surface area contributed by atoms with E-state index in [4.69, 9.17) is 30.5 Å². The predicted molar refractivity (Wildman–Crippen MR) is 94.9 cm³/mol. The molecular weight excluding hydrogens is 382 g/mol. The lowest BCUT2D eigenvalue weighted by Gasteiger charge is -2.22. The van der Waals surface area contributed by atoms with Gasteiger partial charge in [0.15, 0.2) is 11.5 Å². The minimum Gasteiger partial charge on any atom is -0.493 e. The molecule has 1 aromatic rings. The van der Waals surface area contributed by atoms with Crippen LogP contribution >= 0.6 is 11.6 Å². The first kappa shape index (κ1) is 22.4. The Kier molecular flexibility index (Phi) is 8.67. The van der Waals surface area contributed by atoms with Crippen LogP contribution in [0.5, 0.6) is 11.5 Å². The number of esters is 1. The van der Waals surface area contributed by atoms with Crippen molar-refractivity contribution in [2.75, 3.05) is 13.7 Å². The second-order valence-corrected chi connectivity index (χ2v) is 6.18. The van der Waals surface area contributed by atoms with Crippen LogP contribution < -0.4 is 14.8 Å². The van der Waals surface area contributed by atoms with Gasteiger partial charge in [0.2, 0.25) is 6.10 Å². The average Bonchev–Trinajstić information content (AvgIpc) is 2.57. The predicted octanol–water partition coefficient (Wildman–Crippen LogP) is 2.45. The number of methoxy groups -OCH3 is 1. The van der Waals surface area contributed by atoms with Gasteiger partial charge in [-0.2, -0.15) is 0 Å². The number of carboxylic acid groups (broad SMARTS) is 1. The first-order valence-corrected chi connectivity index (χ1v) is 8.36. The maximum atomic E-state index is 11.9. The smallest absolute Gasteiger partial charge is 0.410 e. The van der Waals surface area contributed by atoms with Crippen molar-refractivity contribution in [3.63, 3.8) is 0 Å². The standard InChI is InChI=1S/C17H22ClNO8/c1-9(2)16(25-10(3)20)27-17(23)19-8-14(15(21)22)26-13-7-11(18)5-6-12(13)24-4/h5-7,9,14,16H,8H2,1-4H3,(H,19,23)(H,21,22)/t14-,16+/m0/s1. The van der Waals surface area contributed by atoms with Gasteiger partial charge < -0.3 is 29.4 Å². The zero-order valence-corrected chi connectivity index (χ0v) is 16.1. The third-order valence-electron chi connectivity index (χ3n) is 3.15. The van der Waals surface area contributed by atoms with Crippen LogP contribution in [0.2, 0.25) is 5.02 Å². The molecule has 10 heteroatoms. The number of nitrogens with one attached hydrogen (secondary N) is 1. The highest BCUT2D eigenvalue weighted by atomic mass is 35.5. The molecule has 0 aliphatic heterocycles. The molecule has 0 aliphatic rings. The van der Waals surface area contributed by atoms with Crippen molar-refractivity contribution in [2.24, 2.45) is 5.92 Å². The Hall–Kier alpha value is -2.68. The molecule has 2 atom stereocenters. The van der Waals surface area contributed by atoms with E-state index in [0.29, 0.717) is 5.02 Å². The van der Waals surface area contributed by atoms with Crippen LogP contribution in [0.1, 0.15) is 20.8 Å². The molecule has 1 amide bonds. The van der Waals surface area contributed by atoms with Gasteiger partial charge in [0.1, 0.15) is 0 Å². The van der Waals surface area contributed by atoms with E-state index >= 15 is 0 Å². The zero-order chi connectivity index (χ0) is 20.6. The fourth-order valence-corrected chi connectivity index (χ4v) is 2.02. The summed E-state index contributed by atoms with van der Waals surface area (Å²) in [6.07, 6.45) is -3.49. The van der Waals surface area contributed by atoms with Gasteiger partial charge in [-0.25, -0.2) is 9.59 Å². The van der Waals surface area contributed by atoms with Crippen molar-refractivity contribution in [2.45, 2.75) is 33.2 Å². The molecule has 0 saturated heterocycles. The highest BCUT2D eigenvalue weighted by Crippen LogP contribution is 2.30. The maximum absolute atomic E-state index is 11.9. The molecule has 0 unspecified atom stereocenters. The topological polar surface area (TPSA) is 120 Å². The lowest BCUT2D eigenvalue weighted by atomic mass is 10.2. The molecule has 0 spiro atoms. The molecular formula is C17H22ClNO8. The molecule has 27 heavy (non-hydrogen) atoms. The van der Waals surface area contributed by atoms with Gasteiger partial charge in [-0.1, -0.05) is 25.4 Å². The molecule has 0 aliphatic carbocycles. The molecule has 0 heterocycles. The van der Waals surface area contributed by atoms with Gasteiger partial charge in [0.25, 0.3) is 6.29 Å². The molecule has 0 radical (unpaired) electrons. The Morgan fingerprint density at radius 1 is 1.19 bits per heavy atom. The largest absolute Gasteiger partial charge is 0.493 e. The Morgan fingerprint density at radius 3 is 2.37 bits per heavy atom. The normalized spacial score (nSPS) is 12.7. The molecule has 0 fully saturated rings. The second-order valence-electron chi connectivity index (χ2n) is 5.75. The van der Waals surface area contributed by atoms with Crippen molar-refractivity contribution in [3.8, 4) is 11.5 Å². The fraction of sp³-hybridized carbons (Fsp3) is 0.471. The number of ether oxygens (including phenoxy) is 4. The summed E-state index contributed by atoms with van der Waals surface area (Å²) in [7, 11) is 1.39. The number of hydrogen-bond donors (Lipinski definition) is 2. The molecule has 1 aromatic carbocycles. The summed E-state index contributed by atoms with van der Waals surface area (Å²) >= 11 is 5.88. The van der Waals surface area contributed by atoms with Gasteiger partial charge in [-0.05, 0) is 12.1 Å². The van der Waals surface area contributed by atoms with E-state index in [0.717, 1.165) is 0 Å². The number of carbonyl (C=O) groups is 3. The van der Waals surface area contributed by atoms with E-state index < -0.39 is 37.0 Å². The minimum atomic E-state index is -1.43. The number of carboxylic acids is 1. The molecule has 150 valence electrons. The SMILES string of the molecule is COc1ccc(Cl)cc1O[C@@H](CNC(=O)O[C@@H](OC(C)=O)C(C)C)C(=O)O. The number of carbonyl (C=O) groups excluding carboxylic acids is 2. The molecule has 0 bridgehead atoms. The summed E-state index contributed by atoms with van der Waals surface area (Å²) in [5, 5.41) is 11.9. The van der Waals surface area contributed by atoms with E-state index in [1.54, 1.807) is 19.9 Å². The average molecular weight is 404 g/mol. The lowest BCUT2D eigenvalue weighted by Crippen LogP contribution is -2.42. The zero-order valence-electron chi connectivity index (χ0n) is 15.4. The minimum absolute atomic E-state index is 0.104. The number of benzene rings is 1. The maximum Gasteiger partial charge on any atom is 0.410 e. The summed E-state index contributed by atoms with van der Waals surface area (Å²) in [6.45, 7) is 4.16. The third-order valence-corrected chi connectivity index (χ3v) is 3.39. The number of amides is 1. The van der Waals surface area contributed by atoms with Crippen molar-refractivity contribution in [3.05, 3.63) is 23.2 Å². The van der Waals surface area contributed by atoms with Crippen molar-refractivity contribution in [1.29, 1.82) is 0 Å². The van der Waals surface area contributed by atoms with Gasteiger partial charge >= 0.3 is 18.0 Å². The number of alkyl carbamates (subject to hydrolysis) is 1. The Morgan fingerprint density at radius 2 is 1.85 bits per heavy atom. The number of rotatable bonds is 9. The van der Waals surface area contributed by atoms with Gasteiger partial charge in [-0.15, -0.1) is 0 Å². The first-order chi connectivity index (χ1) is 12.6. The molecule has 0 aromatic heterocycles. The molecule has 1 rings (SSSR count). The highest BCUT2D eigenvalue weighted by Gasteiger charge is 2.25. The van der Waals surface area contributed by atoms with Crippen LogP contribution in [0.4, 0.5) is 4.79 Å². The first-order valence-electron chi connectivity index (χ1n) is 7.98. The summed E-state index contributed by atoms with van der Waals surface area (Å²) in [5.41, 5.74) is 0. The van der Waals surface area contributed by atoms with Crippen LogP contribution in [0.25, 0.3) is 0 Å². The lowest BCUT2D eigenvalue weighted by molar-refractivity contribution is -0.172. The highest BCUT2D eigenvalue weighted by molar-refractivity contribution is 6.30. The van der Waals surface area contributed by atoms with E-state index in [2.05, 4.69) is 5.32 Å². The summed E-state index contributed by atoms with van der Waals surface area (Å²) < 4.78 is 20.3. The molecule has 0 saturated carbocycles. The number of aliphatic carboxylic acids is 1. The Balaban J connectivity index is 2.73. The van der Waals surface area contributed by atoms with Crippen LogP contribution in [-0.2, 0) is 19.1 Å². The van der Waals surface area contributed by atoms with E-state index in [1.807, 2.05) is 0 Å². The van der Waals surface area contributed by atoms with Crippen molar-refractivity contribution >= 4 is 29.6 Å². The number of hydrogen-bond acceptors (Lipinski definition) is 7. The fourth-order valence-electron chi connectivity index (χ4n) is 1.86. The second kappa shape index (κ2) is 10.5. The summed E-state index contributed by atoms with van der Waals surface area (Å²) in [4.78, 5) is 34.3. The van der Waals surface area contributed by atoms with Crippen molar-refractivity contribution < 1.29 is 38.4 Å². The Bertz CT molecular complexity index is 679. The van der Waals surface area contributed by atoms with Crippen LogP contribution in [0.15, 0.2) is 18.2 Å². The summed E-state index contributed by atoms with van der Waals surface area (Å²) in [5.74, 6) is -1.84. The third kappa shape index (κ3) is 7.61. The van der Waals surface area contributed by atoms with Crippen LogP contribution in [-0.4, -0.2) is 49.2 Å². The van der Waals surface area contributed by atoms with Gasteiger partial charge in [0.05, 0.1) is 13.7 Å².